The number of hydrogen-bond acceptors (Lipinski definition) is 4. The van der Waals surface area contributed by atoms with Crippen LogP contribution in [0.1, 0.15) is 51.8 Å². The van der Waals surface area contributed by atoms with E-state index in [1.807, 2.05) is 0 Å². The zero-order valence-electron chi connectivity index (χ0n) is 11.8. The second-order valence-electron chi connectivity index (χ2n) is 6.10. The maximum atomic E-state index is 4.19. The van der Waals surface area contributed by atoms with Gasteiger partial charge in [-0.3, -0.25) is 0 Å². The predicted molar refractivity (Wildman–Crippen MR) is 70.9 cm³/mol. The first kappa shape index (κ1) is 13.5. The normalized spacial score (nSPS) is 18.7. The zero-order chi connectivity index (χ0) is 13.0. The minimum absolute atomic E-state index is 0.510. The second kappa shape index (κ2) is 5.78. The van der Waals surface area contributed by atoms with Crippen LogP contribution in [-0.2, 0) is 13.6 Å². The third-order valence-corrected chi connectivity index (χ3v) is 3.84. The number of nitrogens with one attached hydrogen (secondary N) is 1. The summed E-state index contributed by atoms with van der Waals surface area (Å²) in [6.45, 7) is 6.46. The van der Waals surface area contributed by atoms with E-state index in [0.29, 0.717) is 5.41 Å². The first-order valence-corrected chi connectivity index (χ1v) is 7.03. The summed E-state index contributed by atoms with van der Waals surface area (Å²) < 4.78 is 0. The highest BCUT2D eigenvalue weighted by atomic mass is 15.6. The number of aromatic nitrogens is 4. The molecule has 0 aromatic carbocycles. The Labute approximate surface area is 109 Å². The average molecular weight is 251 g/mol. The number of aryl methyl sites for hydroxylation is 1. The average Bonchev–Trinajstić information content (AvgIpc) is 2.88. The lowest BCUT2D eigenvalue weighted by Gasteiger charge is -2.31. The third-order valence-electron chi connectivity index (χ3n) is 3.84. The smallest absolute Gasteiger partial charge is 0.188 e. The molecular formula is C13H25N5. The van der Waals surface area contributed by atoms with E-state index in [0.717, 1.165) is 24.8 Å². The van der Waals surface area contributed by atoms with Crippen LogP contribution in [-0.4, -0.2) is 26.8 Å². The van der Waals surface area contributed by atoms with Gasteiger partial charge in [0.25, 0.3) is 0 Å². The van der Waals surface area contributed by atoms with Crippen LogP contribution in [0, 0.1) is 11.3 Å². The molecule has 0 atom stereocenters. The van der Waals surface area contributed by atoms with Gasteiger partial charge in [0.15, 0.2) is 5.82 Å². The van der Waals surface area contributed by atoms with E-state index in [2.05, 4.69) is 34.6 Å². The number of nitrogens with zero attached hydrogens (tertiary/aromatic N) is 4. The fourth-order valence-electron chi connectivity index (χ4n) is 3.28. The molecule has 0 bridgehead atoms. The van der Waals surface area contributed by atoms with Crippen LogP contribution in [0.15, 0.2) is 0 Å². The molecule has 1 heterocycles. The van der Waals surface area contributed by atoms with Crippen LogP contribution < -0.4 is 5.32 Å². The first-order valence-electron chi connectivity index (χ1n) is 7.03. The molecule has 5 nitrogen and oxygen atoms in total. The van der Waals surface area contributed by atoms with Crippen molar-refractivity contribution < 1.29 is 0 Å². The Bertz CT molecular complexity index is 365. The summed E-state index contributed by atoms with van der Waals surface area (Å²) in [4.78, 5) is 1.51. The molecule has 0 amide bonds. The van der Waals surface area contributed by atoms with Gasteiger partial charge in [-0.15, -0.1) is 10.2 Å². The van der Waals surface area contributed by atoms with E-state index >= 15 is 0 Å². The summed E-state index contributed by atoms with van der Waals surface area (Å²) in [7, 11) is 1.80. The highest BCUT2D eigenvalue weighted by Gasteiger charge is 2.33. The number of rotatable bonds is 6. The Kier molecular flexibility index (Phi) is 4.32. The van der Waals surface area contributed by atoms with E-state index in [1.165, 1.54) is 36.9 Å². The standard InChI is InChI=1S/C13H25N5/c1-11(2)8-13(6-4-5-7-13)10-14-9-12-15-17-18(3)16-12/h11,14H,4-10H2,1-3H3. The highest BCUT2D eigenvalue weighted by molar-refractivity contribution is 4.88. The van der Waals surface area contributed by atoms with Crippen LogP contribution in [0.4, 0.5) is 0 Å². The van der Waals surface area contributed by atoms with Crippen LogP contribution >= 0.6 is 0 Å². The van der Waals surface area contributed by atoms with Gasteiger partial charge in [0.05, 0.1) is 13.6 Å². The molecule has 18 heavy (non-hydrogen) atoms. The van der Waals surface area contributed by atoms with Gasteiger partial charge < -0.3 is 5.32 Å². The van der Waals surface area contributed by atoms with E-state index < -0.39 is 0 Å². The predicted octanol–water partition coefficient (Wildman–Crippen LogP) is 1.91. The molecule has 1 aliphatic carbocycles. The van der Waals surface area contributed by atoms with Crippen LogP contribution in [0.25, 0.3) is 0 Å². The fourth-order valence-corrected chi connectivity index (χ4v) is 3.28. The van der Waals surface area contributed by atoms with Gasteiger partial charge in [-0.2, -0.15) is 4.80 Å². The van der Waals surface area contributed by atoms with Gasteiger partial charge in [-0.1, -0.05) is 26.7 Å². The van der Waals surface area contributed by atoms with Crippen molar-refractivity contribution in [3.8, 4) is 0 Å². The van der Waals surface area contributed by atoms with E-state index in [1.54, 1.807) is 7.05 Å². The molecule has 5 heteroatoms. The summed E-state index contributed by atoms with van der Waals surface area (Å²) in [5.74, 6) is 1.56. The number of hydrogen-bond donors (Lipinski definition) is 1. The maximum absolute atomic E-state index is 4.19. The fraction of sp³-hybridized carbons (Fsp3) is 0.923. The van der Waals surface area contributed by atoms with E-state index in [9.17, 15) is 0 Å². The number of tetrazole rings is 1. The summed E-state index contributed by atoms with van der Waals surface area (Å²) in [5, 5.41) is 15.6. The molecule has 0 aliphatic heterocycles. The molecule has 1 aromatic heterocycles. The molecule has 2 rings (SSSR count). The van der Waals surface area contributed by atoms with E-state index in [-0.39, 0.29) is 0 Å². The Hall–Kier alpha value is -0.970. The maximum Gasteiger partial charge on any atom is 0.188 e. The quantitative estimate of drug-likeness (QED) is 0.839. The minimum atomic E-state index is 0.510. The lowest BCUT2D eigenvalue weighted by Crippen LogP contribution is -2.33. The van der Waals surface area contributed by atoms with Crippen molar-refractivity contribution in [2.24, 2.45) is 18.4 Å². The summed E-state index contributed by atoms with van der Waals surface area (Å²) >= 11 is 0. The lowest BCUT2D eigenvalue weighted by atomic mass is 9.78. The van der Waals surface area contributed by atoms with Crippen LogP contribution in [0.3, 0.4) is 0 Å². The second-order valence-corrected chi connectivity index (χ2v) is 6.10. The van der Waals surface area contributed by atoms with Crippen LogP contribution in [0.5, 0.6) is 0 Å². The Morgan fingerprint density at radius 3 is 2.61 bits per heavy atom. The third kappa shape index (κ3) is 3.51. The van der Waals surface area contributed by atoms with Gasteiger partial charge in [-0.25, -0.2) is 0 Å². The molecule has 102 valence electrons. The molecule has 0 spiro atoms. The summed E-state index contributed by atoms with van der Waals surface area (Å²) in [6.07, 6.45) is 6.83. The molecule has 0 saturated heterocycles. The molecule has 1 aromatic rings. The molecule has 0 radical (unpaired) electrons. The largest absolute Gasteiger partial charge is 0.309 e. The Morgan fingerprint density at radius 1 is 1.33 bits per heavy atom. The van der Waals surface area contributed by atoms with E-state index in [4.69, 9.17) is 0 Å². The molecule has 1 N–H and O–H groups in total. The molecular weight excluding hydrogens is 226 g/mol. The topological polar surface area (TPSA) is 55.6 Å². The van der Waals surface area contributed by atoms with Crippen molar-refractivity contribution in [1.82, 2.24) is 25.5 Å². The van der Waals surface area contributed by atoms with Crippen molar-refractivity contribution in [2.75, 3.05) is 6.54 Å². The molecule has 0 unspecified atom stereocenters. The minimum Gasteiger partial charge on any atom is -0.309 e. The van der Waals surface area contributed by atoms with Crippen molar-refractivity contribution in [1.29, 1.82) is 0 Å². The van der Waals surface area contributed by atoms with Crippen molar-refractivity contribution in [3.05, 3.63) is 5.82 Å². The SMILES string of the molecule is CC(C)CC1(CNCc2nnn(C)n2)CCCC1. The first-order chi connectivity index (χ1) is 8.60. The van der Waals surface area contributed by atoms with Gasteiger partial charge in [0.1, 0.15) is 0 Å². The van der Waals surface area contributed by atoms with Crippen molar-refractivity contribution in [3.63, 3.8) is 0 Å². The zero-order valence-corrected chi connectivity index (χ0v) is 11.8. The Morgan fingerprint density at radius 2 is 2.06 bits per heavy atom. The summed E-state index contributed by atoms with van der Waals surface area (Å²) in [5.41, 5.74) is 0.510. The van der Waals surface area contributed by atoms with Gasteiger partial charge in [0.2, 0.25) is 0 Å². The van der Waals surface area contributed by atoms with Gasteiger partial charge in [-0.05, 0) is 35.8 Å². The van der Waals surface area contributed by atoms with Crippen molar-refractivity contribution in [2.45, 2.75) is 52.5 Å². The Balaban J connectivity index is 1.82. The van der Waals surface area contributed by atoms with Gasteiger partial charge in [0, 0.05) is 6.54 Å². The lowest BCUT2D eigenvalue weighted by molar-refractivity contribution is 0.223. The van der Waals surface area contributed by atoms with Crippen LogP contribution in [0.2, 0.25) is 0 Å². The molecule has 1 fully saturated rings. The highest BCUT2D eigenvalue weighted by Crippen LogP contribution is 2.42. The van der Waals surface area contributed by atoms with Gasteiger partial charge >= 0.3 is 0 Å². The molecule has 1 saturated carbocycles. The van der Waals surface area contributed by atoms with Crippen molar-refractivity contribution >= 4 is 0 Å². The monoisotopic (exact) mass is 251 g/mol. The summed E-state index contributed by atoms with van der Waals surface area (Å²) in [6, 6.07) is 0. The molecule has 1 aliphatic rings.